The third-order valence-corrected chi connectivity index (χ3v) is 3.10. The average Bonchev–Trinajstić information content (AvgIpc) is 2.98. The van der Waals surface area contributed by atoms with E-state index in [0.717, 1.165) is 36.9 Å². The molecule has 3 rings (SSSR count). The second kappa shape index (κ2) is 4.16. The quantitative estimate of drug-likeness (QED) is 0.853. The molecular weight excluding hydrogens is 214 g/mol. The molecule has 17 heavy (non-hydrogen) atoms. The summed E-state index contributed by atoms with van der Waals surface area (Å²) in [6, 6.07) is 2.12. The van der Waals surface area contributed by atoms with Gasteiger partial charge in [0, 0.05) is 30.8 Å². The first-order chi connectivity index (χ1) is 8.34. The monoisotopic (exact) mass is 229 g/mol. The number of imidazole rings is 1. The highest BCUT2D eigenvalue weighted by Crippen LogP contribution is 2.32. The van der Waals surface area contributed by atoms with Crippen molar-refractivity contribution in [3.63, 3.8) is 0 Å². The maximum absolute atomic E-state index is 4.42. The Labute approximate surface area is 99.9 Å². The SMILES string of the molecule is Cc1cnc([C@H]2CCCN2c2ncccn2)[nH]1. The summed E-state index contributed by atoms with van der Waals surface area (Å²) in [4.78, 5) is 18.6. The minimum Gasteiger partial charge on any atom is -0.344 e. The summed E-state index contributed by atoms with van der Waals surface area (Å²) in [5, 5.41) is 0. The first-order valence-corrected chi connectivity index (χ1v) is 5.90. The molecule has 0 radical (unpaired) electrons. The lowest BCUT2D eigenvalue weighted by molar-refractivity contribution is 0.661. The molecule has 0 unspecified atom stereocenters. The Balaban J connectivity index is 1.90. The number of rotatable bonds is 2. The predicted octanol–water partition coefficient (Wildman–Crippen LogP) is 1.85. The molecular formula is C12H15N5. The molecule has 1 aliphatic heterocycles. The molecule has 0 bridgehead atoms. The van der Waals surface area contributed by atoms with Gasteiger partial charge in [0.15, 0.2) is 0 Å². The van der Waals surface area contributed by atoms with Crippen LogP contribution in [0, 0.1) is 6.92 Å². The van der Waals surface area contributed by atoms with Crippen LogP contribution in [0.1, 0.15) is 30.4 Å². The summed E-state index contributed by atoms with van der Waals surface area (Å²) in [7, 11) is 0. The fraction of sp³-hybridized carbons (Fsp3) is 0.417. The molecule has 0 amide bonds. The van der Waals surface area contributed by atoms with Crippen LogP contribution in [0.2, 0.25) is 0 Å². The topological polar surface area (TPSA) is 57.7 Å². The van der Waals surface area contributed by atoms with E-state index in [4.69, 9.17) is 0 Å². The molecule has 5 heteroatoms. The molecule has 0 spiro atoms. The number of aromatic nitrogens is 4. The van der Waals surface area contributed by atoms with Crippen molar-refractivity contribution >= 4 is 5.95 Å². The molecule has 1 aliphatic rings. The number of hydrogen-bond donors (Lipinski definition) is 1. The van der Waals surface area contributed by atoms with Gasteiger partial charge >= 0.3 is 0 Å². The van der Waals surface area contributed by atoms with Crippen LogP contribution in [-0.2, 0) is 0 Å². The molecule has 0 aromatic carbocycles. The van der Waals surface area contributed by atoms with Gasteiger partial charge < -0.3 is 9.88 Å². The van der Waals surface area contributed by atoms with Gasteiger partial charge in [-0.15, -0.1) is 0 Å². The normalized spacial score (nSPS) is 19.8. The molecule has 2 aromatic rings. The Morgan fingerprint density at radius 1 is 1.29 bits per heavy atom. The Kier molecular flexibility index (Phi) is 2.51. The average molecular weight is 229 g/mol. The Morgan fingerprint density at radius 2 is 2.12 bits per heavy atom. The Bertz CT molecular complexity index is 493. The number of hydrogen-bond acceptors (Lipinski definition) is 4. The Hall–Kier alpha value is -1.91. The van der Waals surface area contributed by atoms with Gasteiger partial charge in [-0.2, -0.15) is 0 Å². The van der Waals surface area contributed by atoms with E-state index in [1.54, 1.807) is 12.4 Å². The zero-order valence-electron chi connectivity index (χ0n) is 9.80. The highest BCUT2D eigenvalue weighted by molar-refractivity contribution is 5.34. The Morgan fingerprint density at radius 3 is 2.82 bits per heavy atom. The minimum absolute atomic E-state index is 0.283. The molecule has 2 aromatic heterocycles. The van der Waals surface area contributed by atoms with Crippen molar-refractivity contribution in [2.75, 3.05) is 11.4 Å². The van der Waals surface area contributed by atoms with Crippen LogP contribution in [0.4, 0.5) is 5.95 Å². The van der Waals surface area contributed by atoms with E-state index in [9.17, 15) is 0 Å². The summed E-state index contributed by atoms with van der Waals surface area (Å²) in [6.07, 6.45) is 7.70. The van der Waals surface area contributed by atoms with Gasteiger partial charge in [0.2, 0.25) is 5.95 Å². The lowest BCUT2D eigenvalue weighted by Gasteiger charge is -2.22. The van der Waals surface area contributed by atoms with Crippen molar-refractivity contribution in [2.45, 2.75) is 25.8 Å². The third-order valence-electron chi connectivity index (χ3n) is 3.10. The van der Waals surface area contributed by atoms with E-state index in [1.165, 1.54) is 0 Å². The maximum Gasteiger partial charge on any atom is 0.225 e. The summed E-state index contributed by atoms with van der Waals surface area (Å²) in [6.45, 7) is 3.02. The summed E-state index contributed by atoms with van der Waals surface area (Å²) < 4.78 is 0. The lowest BCUT2D eigenvalue weighted by atomic mass is 10.2. The molecule has 88 valence electrons. The van der Waals surface area contributed by atoms with E-state index in [1.807, 2.05) is 19.2 Å². The van der Waals surface area contributed by atoms with E-state index in [0.29, 0.717) is 0 Å². The van der Waals surface area contributed by atoms with Crippen molar-refractivity contribution in [3.8, 4) is 0 Å². The van der Waals surface area contributed by atoms with Crippen molar-refractivity contribution in [1.29, 1.82) is 0 Å². The lowest BCUT2D eigenvalue weighted by Crippen LogP contribution is -2.25. The van der Waals surface area contributed by atoms with Crippen LogP contribution in [0.5, 0.6) is 0 Å². The first-order valence-electron chi connectivity index (χ1n) is 5.90. The first kappa shape index (κ1) is 10.3. The standard InChI is InChI=1S/C12H15N5/c1-9-8-15-11(16-9)10-4-2-7-17(10)12-13-5-3-6-14-12/h3,5-6,8,10H,2,4,7H2,1H3,(H,15,16)/t10-/m1/s1. The van der Waals surface area contributed by atoms with E-state index in [-0.39, 0.29) is 6.04 Å². The van der Waals surface area contributed by atoms with Crippen molar-refractivity contribution in [1.82, 2.24) is 19.9 Å². The summed E-state index contributed by atoms with van der Waals surface area (Å²) >= 11 is 0. The van der Waals surface area contributed by atoms with Crippen LogP contribution < -0.4 is 4.90 Å². The van der Waals surface area contributed by atoms with E-state index in [2.05, 4.69) is 24.8 Å². The molecule has 0 saturated carbocycles. The van der Waals surface area contributed by atoms with Crippen molar-refractivity contribution in [3.05, 3.63) is 36.2 Å². The summed E-state index contributed by atoms with van der Waals surface area (Å²) in [5.74, 6) is 1.82. The van der Waals surface area contributed by atoms with Gasteiger partial charge in [-0.1, -0.05) is 0 Å². The number of nitrogens with one attached hydrogen (secondary N) is 1. The van der Waals surface area contributed by atoms with Crippen LogP contribution in [0.15, 0.2) is 24.7 Å². The third kappa shape index (κ3) is 1.88. The van der Waals surface area contributed by atoms with Gasteiger partial charge in [-0.3, -0.25) is 0 Å². The smallest absolute Gasteiger partial charge is 0.225 e. The van der Waals surface area contributed by atoms with Crippen molar-refractivity contribution in [2.24, 2.45) is 0 Å². The maximum atomic E-state index is 4.42. The predicted molar refractivity (Wildman–Crippen MR) is 64.7 cm³/mol. The fourth-order valence-electron chi connectivity index (χ4n) is 2.33. The van der Waals surface area contributed by atoms with E-state index < -0.39 is 0 Å². The van der Waals surface area contributed by atoms with Gasteiger partial charge in [0.05, 0.1) is 6.04 Å². The van der Waals surface area contributed by atoms with E-state index >= 15 is 0 Å². The van der Waals surface area contributed by atoms with Crippen molar-refractivity contribution < 1.29 is 0 Å². The van der Waals surface area contributed by atoms with Crippen LogP contribution in [0.25, 0.3) is 0 Å². The van der Waals surface area contributed by atoms with Crippen LogP contribution in [-0.4, -0.2) is 26.5 Å². The number of H-pyrrole nitrogens is 1. The molecule has 1 atom stereocenters. The van der Waals surface area contributed by atoms with Gasteiger partial charge in [0.1, 0.15) is 5.82 Å². The highest BCUT2D eigenvalue weighted by atomic mass is 15.3. The number of aryl methyl sites for hydroxylation is 1. The molecule has 1 N–H and O–H groups in total. The van der Waals surface area contributed by atoms with Gasteiger partial charge in [-0.05, 0) is 25.8 Å². The summed E-state index contributed by atoms with van der Waals surface area (Å²) in [5.41, 5.74) is 1.10. The second-order valence-electron chi connectivity index (χ2n) is 4.35. The number of nitrogens with zero attached hydrogens (tertiary/aromatic N) is 4. The van der Waals surface area contributed by atoms with Crippen LogP contribution in [0.3, 0.4) is 0 Å². The number of anilines is 1. The molecule has 1 saturated heterocycles. The number of aromatic amines is 1. The molecule has 1 fully saturated rings. The van der Waals surface area contributed by atoms with Gasteiger partial charge in [0.25, 0.3) is 0 Å². The molecule has 3 heterocycles. The molecule has 5 nitrogen and oxygen atoms in total. The zero-order chi connectivity index (χ0) is 11.7. The van der Waals surface area contributed by atoms with Gasteiger partial charge in [-0.25, -0.2) is 15.0 Å². The minimum atomic E-state index is 0.283. The fourth-order valence-corrected chi connectivity index (χ4v) is 2.33. The molecule has 0 aliphatic carbocycles. The highest BCUT2D eigenvalue weighted by Gasteiger charge is 2.29. The largest absolute Gasteiger partial charge is 0.344 e. The second-order valence-corrected chi connectivity index (χ2v) is 4.35. The zero-order valence-corrected chi connectivity index (χ0v) is 9.80. The van der Waals surface area contributed by atoms with Crippen LogP contribution >= 0.6 is 0 Å².